The molecule has 0 aliphatic heterocycles. The highest BCUT2D eigenvalue weighted by Crippen LogP contribution is 1.74. The van der Waals surface area contributed by atoms with Gasteiger partial charge in [0.25, 0.3) is 0 Å². The van der Waals surface area contributed by atoms with E-state index in [4.69, 9.17) is 0 Å². The maximum Gasteiger partial charge on any atom is 0.114 e. The van der Waals surface area contributed by atoms with E-state index in [2.05, 4.69) is 20.6 Å². The van der Waals surface area contributed by atoms with Gasteiger partial charge in [0.2, 0.25) is 0 Å². The molecule has 0 aromatic heterocycles. The van der Waals surface area contributed by atoms with Gasteiger partial charge in [0.15, 0.2) is 0 Å². The van der Waals surface area contributed by atoms with E-state index >= 15 is 0 Å². The standard InChI is InChI=1S/C8H16N4/c1-4-5-11-6-8(10-3)12-7-9-2/h4-8,10H,1-3H3,(H,9,12)/b5-4+,11-6?. The summed E-state index contributed by atoms with van der Waals surface area (Å²) in [5.41, 5.74) is 0. The van der Waals surface area contributed by atoms with Crippen molar-refractivity contribution in [3.05, 3.63) is 12.3 Å². The molecule has 68 valence electrons. The number of hydrogen-bond donors (Lipinski definition) is 2. The van der Waals surface area contributed by atoms with Gasteiger partial charge in [-0.25, -0.2) is 0 Å². The van der Waals surface area contributed by atoms with E-state index in [1.165, 1.54) is 0 Å². The summed E-state index contributed by atoms with van der Waals surface area (Å²) in [5.74, 6) is 0. The summed E-state index contributed by atoms with van der Waals surface area (Å²) in [5, 5.41) is 6.00. The van der Waals surface area contributed by atoms with Crippen LogP contribution in [0.25, 0.3) is 0 Å². The molecular formula is C8H16N4. The van der Waals surface area contributed by atoms with Crippen LogP contribution in [0.3, 0.4) is 0 Å². The molecule has 0 spiro atoms. The zero-order chi connectivity index (χ0) is 9.23. The molecule has 4 nitrogen and oxygen atoms in total. The molecule has 0 aromatic carbocycles. The molecule has 2 N–H and O–H groups in total. The van der Waals surface area contributed by atoms with Crippen molar-refractivity contribution in [3.63, 3.8) is 0 Å². The third-order valence-electron chi connectivity index (χ3n) is 1.16. The first kappa shape index (κ1) is 10.8. The quantitative estimate of drug-likeness (QED) is 0.354. The van der Waals surface area contributed by atoms with Crippen molar-refractivity contribution in [2.75, 3.05) is 14.1 Å². The number of rotatable bonds is 5. The minimum Gasteiger partial charge on any atom is -0.356 e. The predicted octanol–water partition coefficient (Wildman–Crippen LogP) is 0.384. The molecule has 0 aromatic rings. The van der Waals surface area contributed by atoms with E-state index in [1.54, 1.807) is 25.8 Å². The van der Waals surface area contributed by atoms with Crippen LogP contribution in [0.15, 0.2) is 22.3 Å². The van der Waals surface area contributed by atoms with Crippen LogP contribution in [-0.2, 0) is 0 Å². The minimum absolute atomic E-state index is 0.0323. The van der Waals surface area contributed by atoms with E-state index < -0.39 is 0 Å². The summed E-state index contributed by atoms with van der Waals surface area (Å²) in [6.45, 7) is 1.92. The van der Waals surface area contributed by atoms with Gasteiger partial charge in [-0.1, -0.05) is 6.08 Å². The van der Waals surface area contributed by atoms with E-state index in [0.717, 1.165) is 0 Å². The molecule has 0 radical (unpaired) electrons. The lowest BCUT2D eigenvalue weighted by Crippen LogP contribution is -2.40. The van der Waals surface area contributed by atoms with Crippen molar-refractivity contribution < 1.29 is 0 Å². The topological polar surface area (TPSA) is 48.8 Å². The Kier molecular flexibility index (Phi) is 7.17. The van der Waals surface area contributed by atoms with Gasteiger partial charge in [0, 0.05) is 19.5 Å². The van der Waals surface area contributed by atoms with Crippen LogP contribution in [0.1, 0.15) is 6.92 Å². The molecule has 1 atom stereocenters. The first-order chi connectivity index (χ1) is 5.85. The van der Waals surface area contributed by atoms with Gasteiger partial charge in [-0.3, -0.25) is 15.3 Å². The Morgan fingerprint density at radius 1 is 1.42 bits per heavy atom. The smallest absolute Gasteiger partial charge is 0.114 e. The molecule has 0 heterocycles. The van der Waals surface area contributed by atoms with Gasteiger partial charge in [-0.2, -0.15) is 0 Å². The van der Waals surface area contributed by atoms with Crippen LogP contribution in [0.5, 0.6) is 0 Å². The van der Waals surface area contributed by atoms with Crippen LogP contribution in [0.4, 0.5) is 0 Å². The van der Waals surface area contributed by atoms with E-state index in [9.17, 15) is 0 Å². The Hall–Kier alpha value is -1.16. The summed E-state index contributed by atoms with van der Waals surface area (Å²) < 4.78 is 0. The Balaban J connectivity index is 3.81. The molecule has 4 heteroatoms. The summed E-state index contributed by atoms with van der Waals surface area (Å²) in [6.07, 6.45) is 7.03. The van der Waals surface area contributed by atoms with E-state index in [0.29, 0.717) is 0 Å². The van der Waals surface area contributed by atoms with Crippen LogP contribution < -0.4 is 10.6 Å². The second-order valence-corrected chi connectivity index (χ2v) is 2.10. The van der Waals surface area contributed by atoms with Gasteiger partial charge in [-0.05, 0) is 14.0 Å². The van der Waals surface area contributed by atoms with Crippen LogP contribution >= 0.6 is 0 Å². The maximum absolute atomic E-state index is 4.02. The van der Waals surface area contributed by atoms with E-state index in [1.807, 2.05) is 20.0 Å². The first-order valence-electron chi connectivity index (χ1n) is 3.83. The monoisotopic (exact) mass is 168 g/mol. The molecule has 0 aliphatic carbocycles. The number of nitrogens with zero attached hydrogens (tertiary/aromatic N) is 2. The molecule has 0 bridgehead atoms. The Morgan fingerprint density at radius 2 is 2.17 bits per heavy atom. The molecule has 0 amide bonds. The van der Waals surface area contributed by atoms with Gasteiger partial charge >= 0.3 is 0 Å². The Morgan fingerprint density at radius 3 is 2.67 bits per heavy atom. The molecule has 0 saturated heterocycles. The average molecular weight is 168 g/mol. The Labute approximate surface area is 73.5 Å². The molecule has 1 unspecified atom stereocenters. The second kappa shape index (κ2) is 7.94. The second-order valence-electron chi connectivity index (χ2n) is 2.10. The minimum atomic E-state index is 0.0323. The molecule has 0 saturated carbocycles. The SMILES string of the molecule is C/C=C/N=CC(NC)NC=NC. The Bertz CT molecular complexity index is 172. The lowest BCUT2D eigenvalue weighted by Gasteiger charge is -2.08. The van der Waals surface area contributed by atoms with Crippen molar-refractivity contribution >= 4 is 12.6 Å². The summed E-state index contributed by atoms with van der Waals surface area (Å²) >= 11 is 0. The highest BCUT2D eigenvalue weighted by molar-refractivity contribution is 5.69. The molecule has 0 rings (SSSR count). The summed E-state index contributed by atoms with van der Waals surface area (Å²) in [7, 11) is 3.56. The third kappa shape index (κ3) is 5.61. The number of hydrogen-bond acceptors (Lipinski definition) is 3. The van der Waals surface area contributed by atoms with Crippen LogP contribution in [-0.4, -0.2) is 32.8 Å². The molecular weight excluding hydrogens is 152 g/mol. The van der Waals surface area contributed by atoms with Crippen molar-refractivity contribution in [1.82, 2.24) is 10.6 Å². The normalized spacial score (nSPS) is 14.9. The molecule has 0 aliphatic rings. The first-order valence-corrected chi connectivity index (χ1v) is 3.83. The van der Waals surface area contributed by atoms with Crippen molar-refractivity contribution in [2.45, 2.75) is 13.1 Å². The van der Waals surface area contributed by atoms with Gasteiger partial charge < -0.3 is 5.32 Å². The van der Waals surface area contributed by atoms with Gasteiger partial charge in [-0.15, -0.1) is 0 Å². The maximum atomic E-state index is 4.02. The average Bonchev–Trinajstić information content (AvgIpc) is 2.11. The lowest BCUT2D eigenvalue weighted by atomic mass is 10.5. The highest BCUT2D eigenvalue weighted by atomic mass is 15.1. The van der Waals surface area contributed by atoms with Crippen molar-refractivity contribution in [1.29, 1.82) is 0 Å². The fourth-order valence-corrected chi connectivity index (χ4v) is 0.578. The predicted molar refractivity (Wildman–Crippen MR) is 53.7 cm³/mol. The molecule has 0 fully saturated rings. The van der Waals surface area contributed by atoms with Crippen molar-refractivity contribution in [3.8, 4) is 0 Å². The van der Waals surface area contributed by atoms with Crippen LogP contribution in [0, 0.1) is 0 Å². The van der Waals surface area contributed by atoms with Gasteiger partial charge in [0.1, 0.15) is 6.17 Å². The summed E-state index contributed by atoms with van der Waals surface area (Å²) in [4.78, 5) is 7.82. The third-order valence-corrected chi connectivity index (χ3v) is 1.16. The number of aliphatic imine (C=N–C) groups is 2. The zero-order valence-corrected chi connectivity index (χ0v) is 7.78. The van der Waals surface area contributed by atoms with Gasteiger partial charge in [0.05, 0.1) is 6.34 Å². The zero-order valence-electron chi connectivity index (χ0n) is 7.78. The van der Waals surface area contributed by atoms with Crippen LogP contribution in [0.2, 0.25) is 0 Å². The number of nitrogens with one attached hydrogen (secondary N) is 2. The molecule has 12 heavy (non-hydrogen) atoms. The largest absolute Gasteiger partial charge is 0.356 e. The fourth-order valence-electron chi connectivity index (χ4n) is 0.578. The van der Waals surface area contributed by atoms with Crippen molar-refractivity contribution in [2.24, 2.45) is 9.98 Å². The number of allylic oxidation sites excluding steroid dienone is 1. The fraction of sp³-hybridized carbons (Fsp3) is 0.500. The highest BCUT2D eigenvalue weighted by Gasteiger charge is 1.94. The summed E-state index contributed by atoms with van der Waals surface area (Å²) in [6, 6.07) is 0. The van der Waals surface area contributed by atoms with E-state index in [-0.39, 0.29) is 6.17 Å². The lowest BCUT2D eigenvalue weighted by molar-refractivity contribution is 0.681.